The van der Waals surface area contributed by atoms with Crippen LogP contribution in [0.4, 0.5) is 0 Å². The van der Waals surface area contributed by atoms with E-state index in [4.69, 9.17) is 9.47 Å². The van der Waals surface area contributed by atoms with Gasteiger partial charge in [-0.3, -0.25) is 14.8 Å². The van der Waals surface area contributed by atoms with Gasteiger partial charge in [0.15, 0.2) is 0 Å². The Labute approximate surface area is 182 Å². The number of aromatic amines is 1. The maximum absolute atomic E-state index is 12.2. The van der Waals surface area contributed by atoms with Crippen LogP contribution in [0.1, 0.15) is 51.5 Å². The number of aromatic hydroxyl groups is 1. The Morgan fingerprint density at radius 3 is 2.58 bits per heavy atom. The second kappa shape index (κ2) is 12.7. The number of hydrogen-bond acceptors (Lipinski definition) is 6. The molecule has 0 bridgehead atoms. The molecule has 0 fully saturated rings. The molecule has 8 nitrogen and oxygen atoms in total. The van der Waals surface area contributed by atoms with Gasteiger partial charge >= 0.3 is 5.69 Å². The molecule has 0 spiro atoms. The van der Waals surface area contributed by atoms with E-state index < -0.39 is 17.1 Å². The number of hydrogen-bond donors (Lipinski definition) is 2. The van der Waals surface area contributed by atoms with Crippen molar-refractivity contribution in [1.29, 1.82) is 0 Å². The highest BCUT2D eigenvalue weighted by Gasteiger charge is 2.14. The van der Waals surface area contributed by atoms with Crippen LogP contribution in [-0.2, 0) is 4.74 Å². The monoisotopic (exact) mass is 431 g/mol. The van der Waals surface area contributed by atoms with Gasteiger partial charge in [0.25, 0.3) is 5.56 Å². The normalized spacial score (nSPS) is 12.4. The van der Waals surface area contributed by atoms with Crippen molar-refractivity contribution in [1.82, 2.24) is 9.55 Å². The van der Waals surface area contributed by atoms with Crippen LogP contribution in [0.2, 0.25) is 0 Å². The summed E-state index contributed by atoms with van der Waals surface area (Å²) in [6, 6.07) is 6.54. The molecule has 31 heavy (non-hydrogen) atoms. The molecule has 1 aromatic heterocycles. The third-order valence-corrected chi connectivity index (χ3v) is 5.14. The van der Waals surface area contributed by atoms with Crippen molar-refractivity contribution in [3.8, 4) is 17.3 Å². The second-order valence-electron chi connectivity index (χ2n) is 7.41. The molecule has 8 heteroatoms. The first kappa shape index (κ1) is 24.4. The first-order valence-electron chi connectivity index (χ1n) is 10.8. The molecule has 0 radical (unpaired) electrons. The number of unbranched alkanes of at least 4 members (excludes halogenated alkanes) is 1. The summed E-state index contributed by atoms with van der Waals surface area (Å²) in [5.41, 5.74) is -1.08. The summed E-state index contributed by atoms with van der Waals surface area (Å²) in [6.07, 6.45) is 6.73. The van der Waals surface area contributed by atoms with Gasteiger partial charge in [-0.1, -0.05) is 33.1 Å². The zero-order valence-electron chi connectivity index (χ0n) is 18.6. The average Bonchev–Trinajstić information content (AvgIpc) is 2.77. The minimum atomic E-state index is -0.730. The lowest BCUT2D eigenvalue weighted by molar-refractivity contribution is 0.0933. The van der Waals surface area contributed by atoms with Crippen LogP contribution in [0.15, 0.2) is 38.8 Å². The average molecular weight is 432 g/mol. The Bertz CT molecular complexity index is 947. The van der Waals surface area contributed by atoms with Crippen LogP contribution in [0, 0.1) is 5.92 Å². The van der Waals surface area contributed by atoms with Crippen LogP contribution in [0.25, 0.3) is 5.69 Å². The molecule has 2 N–H and O–H groups in total. The van der Waals surface area contributed by atoms with Gasteiger partial charge in [0.2, 0.25) is 5.88 Å². The van der Waals surface area contributed by atoms with E-state index >= 15 is 0 Å². The highest BCUT2D eigenvalue weighted by atomic mass is 16.5. The van der Waals surface area contributed by atoms with Crippen molar-refractivity contribution < 1.29 is 14.6 Å². The predicted molar refractivity (Wildman–Crippen MR) is 122 cm³/mol. The summed E-state index contributed by atoms with van der Waals surface area (Å²) in [5, 5.41) is 10.5. The minimum Gasteiger partial charge on any atom is -0.497 e. The lowest BCUT2D eigenvalue weighted by atomic mass is 10.0. The largest absolute Gasteiger partial charge is 0.497 e. The highest BCUT2D eigenvalue weighted by Crippen LogP contribution is 2.18. The van der Waals surface area contributed by atoms with Gasteiger partial charge in [0.1, 0.15) is 11.3 Å². The smallest absolute Gasteiger partial charge is 0.335 e. The number of rotatable bonds is 13. The van der Waals surface area contributed by atoms with Gasteiger partial charge < -0.3 is 14.6 Å². The molecular formula is C23H33N3O5. The number of nitrogens with zero attached hydrogens (tertiary/aromatic N) is 2. The van der Waals surface area contributed by atoms with E-state index in [0.29, 0.717) is 36.9 Å². The standard InChI is InChI=1S/C23H33N3O5/c1-4-6-8-17(5-2)16-31-14-7-13-24-15-20-21(27)25-23(29)26(22(20)28)18-9-11-19(30-3)12-10-18/h9-12,15,17,28H,4-8,13-14,16H2,1-3H3,(H,25,27,29)/t17-/m1/s1. The summed E-state index contributed by atoms with van der Waals surface area (Å²) in [7, 11) is 1.53. The van der Waals surface area contributed by atoms with Crippen molar-refractivity contribution in [2.45, 2.75) is 46.0 Å². The molecular weight excluding hydrogens is 398 g/mol. The van der Waals surface area contributed by atoms with E-state index in [9.17, 15) is 14.7 Å². The number of aliphatic imine (C=N–C) groups is 1. The number of aromatic nitrogens is 2. The summed E-state index contributed by atoms with van der Waals surface area (Å²) >= 11 is 0. The van der Waals surface area contributed by atoms with E-state index in [0.717, 1.165) is 17.6 Å². The van der Waals surface area contributed by atoms with E-state index in [-0.39, 0.29) is 5.56 Å². The summed E-state index contributed by atoms with van der Waals surface area (Å²) < 4.78 is 11.9. The second-order valence-corrected chi connectivity index (χ2v) is 7.41. The van der Waals surface area contributed by atoms with Crippen molar-refractivity contribution in [3.63, 3.8) is 0 Å². The first-order chi connectivity index (χ1) is 15.0. The van der Waals surface area contributed by atoms with Crippen LogP contribution >= 0.6 is 0 Å². The Morgan fingerprint density at radius 1 is 1.19 bits per heavy atom. The molecule has 2 aromatic rings. The molecule has 1 atom stereocenters. The predicted octanol–water partition coefficient (Wildman–Crippen LogP) is 3.28. The fourth-order valence-electron chi connectivity index (χ4n) is 3.19. The Kier molecular flexibility index (Phi) is 10.0. The molecule has 0 aliphatic carbocycles. The highest BCUT2D eigenvalue weighted by molar-refractivity contribution is 5.82. The summed E-state index contributed by atoms with van der Waals surface area (Å²) in [5.74, 6) is 0.749. The van der Waals surface area contributed by atoms with Gasteiger partial charge in [-0.2, -0.15) is 0 Å². The van der Waals surface area contributed by atoms with Crippen molar-refractivity contribution >= 4 is 6.21 Å². The zero-order valence-corrected chi connectivity index (χ0v) is 18.6. The maximum atomic E-state index is 12.2. The third kappa shape index (κ3) is 7.10. The molecule has 170 valence electrons. The third-order valence-electron chi connectivity index (χ3n) is 5.14. The lowest BCUT2D eigenvalue weighted by Gasteiger charge is -2.14. The van der Waals surface area contributed by atoms with Gasteiger partial charge in [-0.25, -0.2) is 9.36 Å². The van der Waals surface area contributed by atoms with Gasteiger partial charge in [0, 0.05) is 26.0 Å². The maximum Gasteiger partial charge on any atom is 0.335 e. The Hall–Kier alpha value is -2.87. The molecule has 0 saturated carbocycles. The van der Waals surface area contributed by atoms with E-state index in [1.165, 1.54) is 32.6 Å². The molecule has 1 aromatic carbocycles. The van der Waals surface area contributed by atoms with Crippen LogP contribution in [0.5, 0.6) is 11.6 Å². The quantitative estimate of drug-likeness (QED) is 0.374. The van der Waals surface area contributed by atoms with Crippen LogP contribution in [0.3, 0.4) is 0 Å². The molecule has 1 heterocycles. The SMILES string of the molecule is CCCC[C@@H](CC)COCCCN=Cc1c(O)n(-c2ccc(OC)cc2)c(=O)[nH]c1=O. The number of methoxy groups -OCH3 is 1. The first-order valence-corrected chi connectivity index (χ1v) is 10.8. The fraction of sp³-hybridized carbons (Fsp3) is 0.522. The van der Waals surface area contributed by atoms with Gasteiger partial charge in [-0.05, 0) is 43.0 Å². The topological polar surface area (TPSA) is 106 Å². The molecule has 0 saturated heterocycles. The lowest BCUT2D eigenvalue weighted by Crippen LogP contribution is -2.31. The minimum absolute atomic E-state index is 0.0676. The molecule has 2 rings (SSSR count). The number of nitrogens with one attached hydrogen (secondary N) is 1. The van der Waals surface area contributed by atoms with Crippen LogP contribution < -0.4 is 16.0 Å². The number of benzene rings is 1. The summed E-state index contributed by atoms with van der Waals surface area (Å²) in [4.78, 5) is 30.8. The zero-order chi connectivity index (χ0) is 22.6. The van der Waals surface area contributed by atoms with Gasteiger partial charge in [0.05, 0.1) is 12.8 Å². The number of ether oxygens (including phenoxy) is 2. The van der Waals surface area contributed by atoms with Crippen molar-refractivity contribution in [2.75, 3.05) is 26.9 Å². The van der Waals surface area contributed by atoms with E-state index in [2.05, 4.69) is 23.8 Å². The summed E-state index contributed by atoms with van der Waals surface area (Å²) in [6.45, 7) is 6.17. The molecule has 0 amide bonds. The molecule has 0 aliphatic rings. The van der Waals surface area contributed by atoms with Gasteiger partial charge in [-0.15, -0.1) is 0 Å². The Morgan fingerprint density at radius 2 is 1.94 bits per heavy atom. The molecule has 0 unspecified atom stereocenters. The number of H-pyrrole nitrogens is 1. The Balaban J connectivity index is 1.97. The molecule has 0 aliphatic heterocycles. The van der Waals surface area contributed by atoms with Crippen LogP contribution in [-0.4, -0.2) is 47.7 Å². The fourth-order valence-corrected chi connectivity index (χ4v) is 3.19. The van der Waals surface area contributed by atoms with E-state index in [1.807, 2.05) is 0 Å². The van der Waals surface area contributed by atoms with Crippen molar-refractivity contribution in [3.05, 3.63) is 50.7 Å². The van der Waals surface area contributed by atoms with Crippen molar-refractivity contribution in [2.24, 2.45) is 10.9 Å². The van der Waals surface area contributed by atoms with E-state index in [1.54, 1.807) is 24.3 Å².